The van der Waals surface area contributed by atoms with E-state index in [-0.39, 0.29) is 5.78 Å². The zero-order chi connectivity index (χ0) is 9.14. The molecule has 0 fully saturated rings. The Bertz CT molecular complexity index is 275. The van der Waals surface area contributed by atoms with Crippen LogP contribution in [0.15, 0.2) is 11.4 Å². The van der Waals surface area contributed by atoms with E-state index >= 15 is 0 Å². The molecule has 0 aliphatic rings. The van der Waals surface area contributed by atoms with Gasteiger partial charge in [-0.3, -0.25) is 4.79 Å². The fourth-order valence-electron chi connectivity index (χ4n) is 1.03. The molecule has 0 bridgehead atoms. The Kier molecular flexibility index (Phi) is 3.04. The first-order chi connectivity index (χ1) is 5.65. The third kappa shape index (κ3) is 1.95. The molecule has 0 radical (unpaired) electrons. The minimum absolute atomic E-state index is 0.176. The highest BCUT2D eigenvalue weighted by molar-refractivity contribution is 7.12. The summed E-state index contributed by atoms with van der Waals surface area (Å²) in [6, 6.07) is 2.02. The van der Waals surface area contributed by atoms with Crippen LogP contribution in [0.2, 0.25) is 0 Å². The third-order valence-corrected chi connectivity index (χ3v) is 3.20. The van der Waals surface area contributed by atoms with Gasteiger partial charge in [0.2, 0.25) is 0 Å². The first-order valence-electron chi connectivity index (χ1n) is 4.24. The number of hydrogen-bond acceptors (Lipinski definition) is 2. The van der Waals surface area contributed by atoms with Gasteiger partial charge in [0.05, 0.1) is 4.88 Å². The molecule has 0 saturated heterocycles. The summed E-state index contributed by atoms with van der Waals surface area (Å²) in [4.78, 5) is 11.9. The van der Waals surface area contributed by atoms with Gasteiger partial charge in [-0.2, -0.15) is 0 Å². The van der Waals surface area contributed by atoms with Gasteiger partial charge in [-0.25, -0.2) is 0 Å². The summed E-state index contributed by atoms with van der Waals surface area (Å²) in [6.45, 7) is 5.97. The van der Waals surface area contributed by atoms with Crippen LogP contribution >= 0.6 is 11.3 Å². The minimum atomic E-state index is 0.176. The van der Waals surface area contributed by atoms with Crippen molar-refractivity contribution < 1.29 is 4.79 Å². The van der Waals surface area contributed by atoms with E-state index in [0.717, 1.165) is 11.3 Å². The van der Waals surface area contributed by atoms with E-state index in [1.165, 1.54) is 5.56 Å². The highest BCUT2D eigenvalue weighted by Crippen LogP contribution is 2.24. The fraction of sp³-hybridized carbons (Fsp3) is 0.500. The van der Waals surface area contributed by atoms with Crippen molar-refractivity contribution in [3.8, 4) is 0 Å². The molecule has 0 saturated carbocycles. The monoisotopic (exact) mass is 182 g/mol. The van der Waals surface area contributed by atoms with Crippen molar-refractivity contribution >= 4 is 17.1 Å². The second kappa shape index (κ2) is 3.85. The molecule has 1 heterocycles. The van der Waals surface area contributed by atoms with Crippen molar-refractivity contribution in [3.63, 3.8) is 0 Å². The molecule has 1 unspecified atom stereocenters. The van der Waals surface area contributed by atoms with Gasteiger partial charge < -0.3 is 0 Å². The number of hydrogen-bond donors (Lipinski definition) is 0. The average Bonchev–Trinajstić information content (AvgIpc) is 2.51. The van der Waals surface area contributed by atoms with Crippen LogP contribution in [0.5, 0.6) is 0 Å². The molecule has 0 aromatic carbocycles. The molecular weight excluding hydrogens is 168 g/mol. The van der Waals surface area contributed by atoms with Gasteiger partial charge in [0.15, 0.2) is 5.78 Å². The molecule has 0 aliphatic heterocycles. The zero-order valence-electron chi connectivity index (χ0n) is 7.76. The van der Waals surface area contributed by atoms with Crippen LogP contribution < -0.4 is 0 Å². The Morgan fingerprint density at radius 2 is 2.33 bits per heavy atom. The lowest BCUT2D eigenvalue weighted by Gasteiger charge is -2.03. The first kappa shape index (κ1) is 9.46. The maximum Gasteiger partial charge on any atom is 0.169 e. The van der Waals surface area contributed by atoms with Crippen LogP contribution in [-0.4, -0.2) is 5.78 Å². The van der Waals surface area contributed by atoms with E-state index in [1.807, 2.05) is 6.07 Å². The predicted octanol–water partition coefficient (Wildman–Crippen LogP) is 3.46. The highest BCUT2D eigenvalue weighted by Gasteiger charge is 2.08. The minimum Gasteiger partial charge on any atom is -0.294 e. The molecule has 1 aromatic heterocycles. The van der Waals surface area contributed by atoms with Crippen LogP contribution in [0.4, 0.5) is 0 Å². The normalized spacial score (nSPS) is 12.9. The van der Waals surface area contributed by atoms with Crippen molar-refractivity contribution in [2.45, 2.75) is 33.1 Å². The number of thiophene rings is 1. The van der Waals surface area contributed by atoms with Gasteiger partial charge in [-0.1, -0.05) is 13.8 Å². The van der Waals surface area contributed by atoms with Gasteiger partial charge in [0, 0.05) is 0 Å². The van der Waals surface area contributed by atoms with Crippen molar-refractivity contribution in [1.82, 2.24) is 0 Å². The van der Waals surface area contributed by atoms with E-state index in [1.54, 1.807) is 18.3 Å². The topological polar surface area (TPSA) is 17.1 Å². The maximum atomic E-state index is 11.0. The van der Waals surface area contributed by atoms with Crippen LogP contribution in [0.3, 0.4) is 0 Å². The zero-order valence-corrected chi connectivity index (χ0v) is 8.57. The molecule has 0 N–H and O–H groups in total. The van der Waals surface area contributed by atoms with E-state index in [9.17, 15) is 4.79 Å². The van der Waals surface area contributed by atoms with Crippen LogP contribution in [-0.2, 0) is 0 Å². The van der Waals surface area contributed by atoms with Crippen LogP contribution in [0, 0.1) is 0 Å². The molecular formula is C10H14OS. The Hall–Kier alpha value is -0.630. The SMILES string of the molecule is CCC(C)c1csc(C(C)=O)c1. The molecule has 66 valence electrons. The number of ketones is 1. The summed E-state index contributed by atoms with van der Waals surface area (Å²) in [5.41, 5.74) is 1.30. The lowest BCUT2D eigenvalue weighted by atomic mass is 10.0. The Morgan fingerprint density at radius 3 is 2.75 bits per heavy atom. The fourth-order valence-corrected chi connectivity index (χ4v) is 1.96. The van der Waals surface area contributed by atoms with Crippen molar-refractivity contribution in [1.29, 1.82) is 0 Å². The molecule has 1 nitrogen and oxygen atoms in total. The predicted molar refractivity (Wildman–Crippen MR) is 53.0 cm³/mol. The smallest absolute Gasteiger partial charge is 0.169 e. The number of rotatable bonds is 3. The summed E-state index contributed by atoms with van der Waals surface area (Å²) in [7, 11) is 0. The van der Waals surface area contributed by atoms with Gasteiger partial charge in [0.1, 0.15) is 0 Å². The van der Waals surface area contributed by atoms with Crippen LogP contribution in [0.25, 0.3) is 0 Å². The van der Waals surface area contributed by atoms with Gasteiger partial charge in [-0.15, -0.1) is 11.3 Å². The van der Waals surface area contributed by atoms with Crippen molar-refractivity contribution in [2.24, 2.45) is 0 Å². The second-order valence-electron chi connectivity index (χ2n) is 3.11. The molecule has 2 heteroatoms. The number of carbonyl (C=O) groups excluding carboxylic acids is 1. The van der Waals surface area contributed by atoms with E-state index in [2.05, 4.69) is 19.2 Å². The van der Waals surface area contributed by atoms with Crippen molar-refractivity contribution in [2.75, 3.05) is 0 Å². The largest absolute Gasteiger partial charge is 0.294 e. The quantitative estimate of drug-likeness (QED) is 0.654. The standard InChI is InChI=1S/C10H14OS/c1-4-7(2)9-5-10(8(3)11)12-6-9/h5-7H,4H2,1-3H3. The highest BCUT2D eigenvalue weighted by atomic mass is 32.1. The van der Waals surface area contributed by atoms with E-state index < -0.39 is 0 Å². The molecule has 1 atom stereocenters. The molecule has 0 amide bonds. The molecule has 1 aromatic rings. The Morgan fingerprint density at radius 1 is 1.67 bits per heavy atom. The van der Waals surface area contributed by atoms with Gasteiger partial charge in [-0.05, 0) is 36.3 Å². The number of carbonyl (C=O) groups is 1. The summed E-state index contributed by atoms with van der Waals surface area (Å²) < 4.78 is 0. The molecule has 0 spiro atoms. The third-order valence-electron chi connectivity index (χ3n) is 2.15. The average molecular weight is 182 g/mol. The summed E-state index contributed by atoms with van der Waals surface area (Å²) in [5.74, 6) is 0.754. The van der Waals surface area contributed by atoms with Gasteiger partial charge in [0.25, 0.3) is 0 Å². The Labute approximate surface area is 77.4 Å². The lowest BCUT2D eigenvalue weighted by Crippen LogP contribution is -1.89. The summed E-state index contributed by atoms with van der Waals surface area (Å²) in [6.07, 6.45) is 1.13. The van der Waals surface area contributed by atoms with E-state index in [4.69, 9.17) is 0 Å². The second-order valence-corrected chi connectivity index (χ2v) is 4.02. The van der Waals surface area contributed by atoms with Crippen LogP contribution in [0.1, 0.15) is 48.3 Å². The lowest BCUT2D eigenvalue weighted by molar-refractivity contribution is 0.102. The molecule has 1 rings (SSSR count). The Balaban J connectivity index is 2.84. The first-order valence-corrected chi connectivity index (χ1v) is 5.12. The van der Waals surface area contributed by atoms with Gasteiger partial charge >= 0.3 is 0 Å². The number of Topliss-reactive ketones (excluding diaryl/α,β-unsaturated/α-hetero) is 1. The van der Waals surface area contributed by atoms with E-state index in [0.29, 0.717) is 5.92 Å². The molecule has 0 aliphatic carbocycles. The summed E-state index contributed by atoms with van der Waals surface area (Å²) in [5, 5.41) is 2.09. The molecule has 12 heavy (non-hydrogen) atoms. The maximum absolute atomic E-state index is 11.0. The van der Waals surface area contributed by atoms with Crippen molar-refractivity contribution in [3.05, 3.63) is 21.9 Å². The summed E-state index contributed by atoms with van der Waals surface area (Å²) >= 11 is 1.55.